The van der Waals surface area contributed by atoms with Crippen LogP contribution in [0.5, 0.6) is 0 Å². The lowest BCUT2D eigenvalue weighted by Crippen LogP contribution is -1.87. The first kappa shape index (κ1) is 40.6. The van der Waals surface area contributed by atoms with Gasteiger partial charge in [-0.2, -0.15) is 20.4 Å². The molecule has 0 spiro atoms. The van der Waals surface area contributed by atoms with E-state index in [2.05, 4.69) is 77.1 Å². The molecule has 48 heavy (non-hydrogen) atoms. The first-order valence-corrected chi connectivity index (χ1v) is 15.5. The van der Waals surface area contributed by atoms with Crippen LogP contribution in [0.25, 0.3) is 0 Å². The SMILES string of the molecule is Cc1cccnc1C.Cc1ccncc1C.Cc1ccnnc1C.Cc1cncnc1C.Cc1cnncc1C.Cc1nccnc1C. The zero-order valence-corrected chi connectivity index (χ0v) is 30.6. The van der Waals surface area contributed by atoms with Gasteiger partial charge in [0.1, 0.15) is 6.33 Å². The predicted molar refractivity (Wildman–Crippen MR) is 193 cm³/mol. The summed E-state index contributed by atoms with van der Waals surface area (Å²) in [6.07, 6.45) is 17.5. The number of hydrogen-bond donors (Lipinski definition) is 0. The Morgan fingerprint density at radius 2 is 0.833 bits per heavy atom. The number of hydrogen-bond acceptors (Lipinski definition) is 10. The molecule has 6 aromatic heterocycles. The van der Waals surface area contributed by atoms with E-state index < -0.39 is 0 Å². The zero-order chi connectivity index (χ0) is 35.9. The molecule has 0 atom stereocenters. The molecule has 0 aliphatic carbocycles. The van der Waals surface area contributed by atoms with Gasteiger partial charge in [0.15, 0.2) is 0 Å². The van der Waals surface area contributed by atoms with Crippen LogP contribution >= 0.6 is 0 Å². The molecule has 10 nitrogen and oxygen atoms in total. The lowest BCUT2D eigenvalue weighted by atomic mass is 10.2. The van der Waals surface area contributed by atoms with Crippen molar-refractivity contribution in [3.8, 4) is 0 Å². The van der Waals surface area contributed by atoms with Gasteiger partial charge >= 0.3 is 0 Å². The topological polar surface area (TPSA) is 129 Å². The van der Waals surface area contributed by atoms with Crippen LogP contribution in [-0.2, 0) is 0 Å². The molecule has 0 saturated heterocycles. The minimum Gasteiger partial charge on any atom is -0.264 e. The summed E-state index contributed by atoms with van der Waals surface area (Å²) in [6.45, 7) is 24.1. The van der Waals surface area contributed by atoms with E-state index in [-0.39, 0.29) is 0 Å². The number of aryl methyl sites for hydroxylation is 12. The summed E-state index contributed by atoms with van der Waals surface area (Å²) < 4.78 is 0. The Bertz CT molecular complexity index is 1310. The quantitative estimate of drug-likeness (QED) is 0.161. The molecule has 0 radical (unpaired) electrons. The van der Waals surface area contributed by atoms with Crippen LogP contribution in [0.3, 0.4) is 0 Å². The molecule has 0 N–H and O–H groups in total. The molecule has 6 heterocycles. The Morgan fingerprint density at radius 3 is 1.17 bits per heavy atom. The fourth-order valence-corrected chi connectivity index (χ4v) is 2.95. The fourth-order valence-electron chi connectivity index (χ4n) is 2.95. The van der Waals surface area contributed by atoms with Crippen LogP contribution in [0, 0.1) is 83.1 Å². The van der Waals surface area contributed by atoms with Crippen LogP contribution < -0.4 is 0 Å². The highest BCUT2D eigenvalue weighted by molar-refractivity contribution is 5.19. The van der Waals surface area contributed by atoms with Crippen molar-refractivity contribution in [3.63, 3.8) is 0 Å². The summed E-state index contributed by atoms with van der Waals surface area (Å²) in [7, 11) is 0. The Labute approximate surface area is 286 Å². The Hall–Kier alpha value is -5.38. The van der Waals surface area contributed by atoms with Gasteiger partial charge < -0.3 is 0 Å². The van der Waals surface area contributed by atoms with Gasteiger partial charge in [-0.3, -0.25) is 19.9 Å². The Balaban J connectivity index is 0.000000288. The third-order valence-corrected chi connectivity index (χ3v) is 7.22. The van der Waals surface area contributed by atoms with Gasteiger partial charge in [-0.15, -0.1) is 0 Å². The van der Waals surface area contributed by atoms with Crippen molar-refractivity contribution in [2.45, 2.75) is 83.1 Å². The third kappa shape index (κ3) is 17.4. The molecular formula is C38H50N10. The molecule has 0 bridgehead atoms. The van der Waals surface area contributed by atoms with E-state index in [0.717, 1.165) is 34.0 Å². The molecule has 0 unspecified atom stereocenters. The summed E-state index contributed by atoms with van der Waals surface area (Å²) in [5.74, 6) is 0. The summed E-state index contributed by atoms with van der Waals surface area (Å²) in [5, 5.41) is 14.9. The lowest BCUT2D eigenvalue weighted by molar-refractivity contribution is 0.961. The van der Waals surface area contributed by atoms with Gasteiger partial charge in [-0.25, -0.2) is 9.97 Å². The van der Waals surface area contributed by atoms with E-state index in [4.69, 9.17) is 0 Å². The van der Waals surface area contributed by atoms with Gasteiger partial charge in [0.05, 0.1) is 29.5 Å². The highest BCUT2D eigenvalue weighted by Gasteiger charge is 1.90. The van der Waals surface area contributed by atoms with Crippen LogP contribution in [0.1, 0.15) is 67.4 Å². The van der Waals surface area contributed by atoms with Crippen molar-refractivity contribution in [3.05, 3.63) is 154 Å². The number of aromatic nitrogens is 10. The molecule has 0 aromatic carbocycles. The van der Waals surface area contributed by atoms with Crippen molar-refractivity contribution in [2.24, 2.45) is 0 Å². The molecule has 0 amide bonds. The van der Waals surface area contributed by atoms with Crippen molar-refractivity contribution in [1.82, 2.24) is 50.3 Å². The van der Waals surface area contributed by atoms with E-state index in [1.54, 1.807) is 37.3 Å². The van der Waals surface area contributed by atoms with E-state index in [9.17, 15) is 0 Å². The van der Waals surface area contributed by atoms with Gasteiger partial charge in [0.2, 0.25) is 0 Å². The summed E-state index contributed by atoms with van der Waals surface area (Å²) in [4.78, 5) is 23.9. The van der Waals surface area contributed by atoms with E-state index in [1.165, 1.54) is 33.4 Å². The normalized spacial score (nSPS) is 9.25. The maximum absolute atomic E-state index is 4.08. The van der Waals surface area contributed by atoms with Crippen LogP contribution in [0.4, 0.5) is 0 Å². The molecule has 0 fully saturated rings. The summed E-state index contributed by atoms with van der Waals surface area (Å²) in [6, 6.07) is 7.96. The van der Waals surface area contributed by atoms with Gasteiger partial charge in [-0.05, 0) is 140 Å². The van der Waals surface area contributed by atoms with E-state index in [0.29, 0.717) is 0 Å². The van der Waals surface area contributed by atoms with Crippen molar-refractivity contribution >= 4 is 0 Å². The highest BCUT2D eigenvalue weighted by atomic mass is 15.1. The average Bonchev–Trinajstić information content (AvgIpc) is 3.07. The first-order chi connectivity index (χ1) is 22.8. The zero-order valence-electron chi connectivity index (χ0n) is 30.6. The second kappa shape index (κ2) is 23.0. The second-order valence-electron chi connectivity index (χ2n) is 11.0. The minimum absolute atomic E-state index is 1.01. The fraction of sp³-hybridized carbons (Fsp3) is 0.316. The number of nitrogens with zero attached hydrogens (tertiary/aromatic N) is 10. The van der Waals surface area contributed by atoms with Crippen molar-refractivity contribution in [1.29, 1.82) is 0 Å². The first-order valence-electron chi connectivity index (χ1n) is 15.5. The van der Waals surface area contributed by atoms with Crippen LogP contribution in [-0.4, -0.2) is 50.3 Å². The van der Waals surface area contributed by atoms with Gasteiger partial charge in [0.25, 0.3) is 0 Å². The van der Waals surface area contributed by atoms with Gasteiger partial charge in [-0.1, -0.05) is 6.07 Å². The largest absolute Gasteiger partial charge is 0.264 e. The van der Waals surface area contributed by atoms with Crippen LogP contribution in [0.15, 0.2) is 86.4 Å². The molecular weight excluding hydrogens is 596 g/mol. The molecule has 10 heteroatoms. The van der Waals surface area contributed by atoms with Crippen LogP contribution in [0.2, 0.25) is 0 Å². The minimum atomic E-state index is 1.01. The molecule has 6 aromatic rings. The summed E-state index contributed by atoms with van der Waals surface area (Å²) in [5.41, 5.74) is 13.7. The maximum atomic E-state index is 4.08. The number of rotatable bonds is 0. The predicted octanol–water partition coefficient (Wildman–Crippen LogP) is 7.77. The second-order valence-corrected chi connectivity index (χ2v) is 11.0. The summed E-state index contributed by atoms with van der Waals surface area (Å²) >= 11 is 0. The van der Waals surface area contributed by atoms with E-state index >= 15 is 0 Å². The third-order valence-electron chi connectivity index (χ3n) is 7.22. The van der Waals surface area contributed by atoms with Gasteiger partial charge in [0, 0.05) is 54.8 Å². The molecule has 0 aliphatic rings. The Morgan fingerprint density at radius 1 is 0.333 bits per heavy atom. The maximum Gasteiger partial charge on any atom is 0.115 e. The molecule has 0 aliphatic heterocycles. The average molecular weight is 647 g/mol. The van der Waals surface area contributed by atoms with Crippen molar-refractivity contribution < 1.29 is 0 Å². The monoisotopic (exact) mass is 646 g/mol. The molecule has 252 valence electrons. The molecule has 0 saturated carbocycles. The Kier molecular flexibility index (Phi) is 19.5. The smallest absolute Gasteiger partial charge is 0.115 e. The van der Waals surface area contributed by atoms with Crippen molar-refractivity contribution in [2.75, 3.05) is 0 Å². The highest BCUT2D eigenvalue weighted by Crippen LogP contribution is 2.01. The standard InChI is InChI=1S/2C7H9N.4C6H8N2/c1-6-3-4-8-5-7(6)2;1-6-4-3-5-8-7(6)2;1-5-3-7-4-8-6(5)2;1-5-3-7-8-4-6(5)2;1-5-6(2)8-4-3-7-5;1-5-3-4-7-8-6(5)2/h2*3-5H,1-2H3;4*3-4H,1-2H3. The van der Waals surface area contributed by atoms with E-state index in [1.807, 2.05) is 105 Å². The lowest BCUT2D eigenvalue weighted by Gasteiger charge is -1.92. The molecule has 6 rings (SSSR count). The number of pyridine rings is 2.